The average molecular weight is 259 g/mol. The van der Waals surface area contributed by atoms with E-state index < -0.39 is 12.2 Å². The van der Waals surface area contributed by atoms with Gasteiger partial charge in [-0.1, -0.05) is 36.4 Å². The van der Waals surface area contributed by atoms with Gasteiger partial charge in [-0.3, -0.25) is 4.79 Å². The van der Waals surface area contributed by atoms with Crippen LogP contribution in [0.5, 0.6) is 0 Å². The molecule has 0 aliphatic carbocycles. The predicted octanol–water partition coefficient (Wildman–Crippen LogP) is 1.40. The number of fused-ring (bicyclic) bond motifs is 1. The summed E-state index contributed by atoms with van der Waals surface area (Å²) in [6.45, 7) is 0.277. The van der Waals surface area contributed by atoms with Gasteiger partial charge in [-0.2, -0.15) is 0 Å². The number of aldehydes is 1. The maximum Gasteiger partial charge on any atom is 0.150 e. The second-order valence-electron chi connectivity index (χ2n) is 4.50. The van der Waals surface area contributed by atoms with Gasteiger partial charge in [-0.25, -0.2) is 0 Å². The van der Waals surface area contributed by atoms with Gasteiger partial charge in [0.05, 0.1) is 6.10 Å². The average Bonchev–Trinajstić information content (AvgIpc) is 2.45. The van der Waals surface area contributed by atoms with Crippen molar-refractivity contribution < 1.29 is 15.0 Å². The fourth-order valence-electron chi connectivity index (χ4n) is 2.27. The van der Waals surface area contributed by atoms with E-state index in [4.69, 9.17) is 5.73 Å². The molecular weight excluding hydrogens is 242 g/mol. The van der Waals surface area contributed by atoms with E-state index in [1.165, 1.54) is 0 Å². The third-order valence-corrected chi connectivity index (χ3v) is 3.25. The molecule has 2 unspecified atom stereocenters. The fraction of sp³-hybridized carbons (Fsp3) is 0.267. The summed E-state index contributed by atoms with van der Waals surface area (Å²) in [6.07, 6.45) is -1.12. The van der Waals surface area contributed by atoms with E-state index >= 15 is 0 Å². The zero-order valence-electron chi connectivity index (χ0n) is 10.5. The van der Waals surface area contributed by atoms with Gasteiger partial charge in [0.2, 0.25) is 0 Å². The first-order chi connectivity index (χ1) is 9.19. The minimum atomic E-state index is -1.12. The summed E-state index contributed by atoms with van der Waals surface area (Å²) in [7, 11) is 0. The highest BCUT2D eigenvalue weighted by molar-refractivity contribution is 5.93. The second kappa shape index (κ2) is 5.93. The van der Waals surface area contributed by atoms with Crippen LogP contribution in [0, 0.1) is 0 Å². The first-order valence-electron chi connectivity index (χ1n) is 6.22. The van der Waals surface area contributed by atoms with Gasteiger partial charge in [-0.05, 0) is 23.7 Å². The fourth-order valence-corrected chi connectivity index (χ4v) is 2.27. The first kappa shape index (κ1) is 13.7. The van der Waals surface area contributed by atoms with Crippen molar-refractivity contribution >= 4 is 17.1 Å². The Hall–Kier alpha value is -1.75. The lowest BCUT2D eigenvalue weighted by Crippen LogP contribution is -2.23. The third kappa shape index (κ3) is 2.66. The molecule has 0 saturated carbocycles. The number of carbonyl (C=O) groups excluding carboxylic acids is 1. The van der Waals surface area contributed by atoms with Crippen LogP contribution in [0.1, 0.15) is 28.4 Å². The highest BCUT2D eigenvalue weighted by atomic mass is 16.3. The van der Waals surface area contributed by atoms with E-state index in [-0.39, 0.29) is 13.0 Å². The molecule has 0 aliphatic heterocycles. The Kier molecular flexibility index (Phi) is 4.27. The second-order valence-corrected chi connectivity index (χ2v) is 4.50. The Bertz CT molecular complexity index is 583. The van der Waals surface area contributed by atoms with Crippen molar-refractivity contribution in [1.82, 2.24) is 0 Å². The number of hydrogen-bond donors (Lipinski definition) is 3. The molecule has 4 N–H and O–H groups in total. The smallest absolute Gasteiger partial charge is 0.150 e. The van der Waals surface area contributed by atoms with Crippen LogP contribution < -0.4 is 5.73 Å². The van der Waals surface area contributed by atoms with Crippen molar-refractivity contribution in [1.29, 1.82) is 0 Å². The molecule has 19 heavy (non-hydrogen) atoms. The van der Waals surface area contributed by atoms with Crippen molar-refractivity contribution in [2.24, 2.45) is 5.73 Å². The number of aliphatic hydroxyl groups is 2. The molecule has 2 atom stereocenters. The molecule has 4 heteroatoms. The van der Waals surface area contributed by atoms with Crippen LogP contribution in [0.25, 0.3) is 10.8 Å². The molecule has 0 bridgehead atoms. The number of aliphatic hydroxyl groups excluding tert-OH is 2. The zero-order chi connectivity index (χ0) is 13.8. The standard InChI is InChI=1S/C15H17NO3/c16-8-7-13(18)15(19)14-11(9-17)6-5-10-3-1-2-4-12(10)14/h1-6,9,13,15,18-19H,7-8,16H2. The van der Waals surface area contributed by atoms with Crippen LogP contribution in [0.3, 0.4) is 0 Å². The third-order valence-electron chi connectivity index (χ3n) is 3.25. The molecule has 0 spiro atoms. The molecule has 2 aromatic carbocycles. The van der Waals surface area contributed by atoms with E-state index in [2.05, 4.69) is 0 Å². The van der Waals surface area contributed by atoms with E-state index in [9.17, 15) is 15.0 Å². The van der Waals surface area contributed by atoms with Gasteiger partial charge in [0.25, 0.3) is 0 Å². The molecule has 0 heterocycles. The van der Waals surface area contributed by atoms with Crippen molar-refractivity contribution in [3.8, 4) is 0 Å². The summed E-state index contributed by atoms with van der Waals surface area (Å²) in [5, 5.41) is 21.9. The van der Waals surface area contributed by atoms with E-state index in [1.54, 1.807) is 6.07 Å². The summed E-state index contributed by atoms with van der Waals surface area (Å²) in [5.41, 5.74) is 6.25. The van der Waals surface area contributed by atoms with Crippen molar-refractivity contribution in [3.63, 3.8) is 0 Å². The number of nitrogens with two attached hydrogens (primary N) is 1. The van der Waals surface area contributed by atoms with Gasteiger partial charge in [0, 0.05) is 11.1 Å². The number of benzene rings is 2. The maximum absolute atomic E-state index is 11.1. The minimum Gasteiger partial charge on any atom is -0.390 e. The molecular formula is C15H17NO3. The highest BCUT2D eigenvalue weighted by Crippen LogP contribution is 2.29. The summed E-state index contributed by atoms with van der Waals surface area (Å²) >= 11 is 0. The molecule has 0 fully saturated rings. The van der Waals surface area contributed by atoms with Gasteiger partial charge in [-0.15, -0.1) is 0 Å². The molecule has 4 nitrogen and oxygen atoms in total. The van der Waals surface area contributed by atoms with Crippen LogP contribution in [-0.2, 0) is 0 Å². The topological polar surface area (TPSA) is 83.6 Å². The lowest BCUT2D eigenvalue weighted by Gasteiger charge is -2.20. The largest absolute Gasteiger partial charge is 0.390 e. The summed E-state index contributed by atoms with van der Waals surface area (Å²) < 4.78 is 0. The van der Waals surface area contributed by atoms with Gasteiger partial charge in [0.15, 0.2) is 0 Å². The molecule has 100 valence electrons. The SMILES string of the molecule is NCCC(O)C(O)c1c(C=O)ccc2ccccc12. The summed E-state index contributed by atoms with van der Waals surface area (Å²) in [6, 6.07) is 10.9. The molecule has 0 aliphatic rings. The minimum absolute atomic E-state index is 0.277. The lowest BCUT2D eigenvalue weighted by molar-refractivity contribution is 0.0156. The van der Waals surface area contributed by atoms with Gasteiger partial charge >= 0.3 is 0 Å². The van der Waals surface area contributed by atoms with Gasteiger partial charge < -0.3 is 15.9 Å². The lowest BCUT2D eigenvalue weighted by atomic mass is 9.92. The van der Waals surface area contributed by atoms with Crippen LogP contribution in [0.15, 0.2) is 36.4 Å². The van der Waals surface area contributed by atoms with Crippen molar-refractivity contribution in [2.75, 3.05) is 6.54 Å². The summed E-state index contributed by atoms with van der Waals surface area (Å²) in [4.78, 5) is 11.1. The Morgan fingerprint density at radius 2 is 1.89 bits per heavy atom. The number of hydrogen-bond acceptors (Lipinski definition) is 4. The summed E-state index contributed by atoms with van der Waals surface area (Å²) in [5.74, 6) is 0. The monoisotopic (exact) mass is 259 g/mol. The molecule has 2 rings (SSSR count). The van der Waals surface area contributed by atoms with Crippen molar-refractivity contribution in [3.05, 3.63) is 47.5 Å². The molecule has 0 amide bonds. The number of rotatable bonds is 5. The quantitative estimate of drug-likeness (QED) is 0.709. The number of carbonyl (C=O) groups is 1. The normalized spacial score (nSPS) is 14.3. The van der Waals surface area contributed by atoms with Crippen LogP contribution >= 0.6 is 0 Å². The highest BCUT2D eigenvalue weighted by Gasteiger charge is 2.22. The molecule has 0 aromatic heterocycles. The first-order valence-corrected chi connectivity index (χ1v) is 6.22. The predicted molar refractivity (Wildman–Crippen MR) is 74.0 cm³/mol. The maximum atomic E-state index is 11.1. The van der Waals surface area contributed by atoms with Gasteiger partial charge in [0.1, 0.15) is 12.4 Å². The Balaban J connectivity index is 2.58. The Labute approximate surface area is 111 Å². The van der Waals surface area contributed by atoms with E-state index in [0.717, 1.165) is 10.8 Å². The molecule has 0 saturated heterocycles. The van der Waals surface area contributed by atoms with Crippen LogP contribution in [0.2, 0.25) is 0 Å². The molecule has 2 aromatic rings. The van der Waals surface area contributed by atoms with E-state index in [1.807, 2.05) is 30.3 Å². The van der Waals surface area contributed by atoms with Crippen LogP contribution in [-0.4, -0.2) is 29.1 Å². The zero-order valence-corrected chi connectivity index (χ0v) is 10.5. The van der Waals surface area contributed by atoms with Crippen molar-refractivity contribution in [2.45, 2.75) is 18.6 Å². The van der Waals surface area contributed by atoms with E-state index in [0.29, 0.717) is 17.4 Å². The Morgan fingerprint density at radius 3 is 2.58 bits per heavy atom. The van der Waals surface area contributed by atoms with Crippen LogP contribution in [0.4, 0.5) is 0 Å². The Morgan fingerprint density at radius 1 is 1.16 bits per heavy atom. The molecule has 0 radical (unpaired) electrons.